The standard InChI is InChI=1S/C13H15NOS/c1-3-6-11(4-2)14-13(15)9-8-12-7-5-10-16-12/h1,5,7-11H,4,6H2,2H3,(H,14,15)/b9-8+. The number of rotatable bonds is 5. The largest absolute Gasteiger partial charge is 0.349 e. The van der Waals surface area contributed by atoms with Crippen molar-refractivity contribution in [2.75, 3.05) is 0 Å². The monoisotopic (exact) mass is 233 g/mol. The molecule has 0 radical (unpaired) electrons. The van der Waals surface area contributed by atoms with Gasteiger partial charge in [-0.3, -0.25) is 4.79 Å². The lowest BCUT2D eigenvalue weighted by Crippen LogP contribution is -2.32. The van der Waals surface area contributed by atoms with Gasteiger partial charge in [0.15, 0.2) is 0 Å². The number of amides is 1. The molecule has 1 heterocycles. The molecule has 1 atom stereocenters. The van der Waals surface area contributed by atoms with Gasteiger partial charge in [0.1, 0.15) is 0 Å². The van der Waals surface area contributed by atoms with E-state index in [1.165, 1.54) is 0 Å². The van der Waals surface area contributed by atoms with Crippen LogP contribution in [0.4, 0.5) is 0 Å². The molecule has 0 spiro atoms. The number of thiophene rings is 1. The van der Waals surface area contributed by atoms with Gasteiger partial charge in [0.05, 0.1) is 0 Å². The molecule has 1 N–H and O–H groups in total. The predicted octanol–water partition coefficient (Wildman–Crippen LogP) is 2.68. The van der Waals surface area contributed by atoms with E-state index in [9.17, 15) is 4.79 Å². The zero-order chi connectivity index (χ0) is 11.8. The second-order valence-electron chi connectivity index (χ2n) is 3.37. The number of hydrogen-bond acceptors (Lipinski definition) is 2. The summed E-state index contributed by atoms with van der Waals surface area (Å²) < 4.78 is 0. The van der Waals surface area contributed by atoms with Gasteiger partial charge in [0.2, 0.25) is 5.91 Å². The van der Waals surface area contributed by atoms with Crippen molar-refractivity contribution in [2.24, 2.45) is 0 Å². The summed E-state index contributed by atoms with van der Waals surface area (Å²) in [4.78, 5) is 12.6. The van der Waals surface area contributed by atoms with Gasteiger partial charge in [-0.2, -0.15) is 0 Å². The molecule has 0 aliphatic rings. The van der Waals surface area contributed by atoms with Crippen LogP contribution >= 0.6 is 11.3 Å². The number of carbonyl (C=O) groups excluding carboxylic acids is 1. The smallest absolute Gasteiger partial charge is 0.244 e. The third kappa shape index (κ3) is 4.33. The first-order chi connectivity index (χ1) is 7.76. The molecule has 84 valence electrons. The molecule has 2 nitrogen and oxygen atoms in total. The van der Waals surface area contributed by atoms with Crippen molar-refractivity contribution < 1.29 is 4.79 Å². The van der Waals surface area contributed by atoms with Crippen LogP contribution in [0.5, 0.6) is 0 Å². The summed E-state index contributed by atoms with van der Waals surface area (Å²) in [5.41, 5.74) is 0. The third-order valence-electron chi connectivity index (χ3n) is 2.15. The fraction of sp³-hybridized carbons (Fsp3) is 0.308. The minimum atomic E-state index is -0.0875. The highest BCUT2D eigenvalue weighted by Crippen LogP contribution is 2.09. The minimum Gasteiger partial charge on any atom is -0.349 e. The van der Waals surface area contributed by atoms with Crippen molar-refractivity contribution in [3.8, 4) is 12.3 Å². The van der Waals surface area contributed by atoms with E-state index in [4.69, 9.17) is 6.42 Å². The third-order valence-corrected chi connectivity index (χ3v) is 2.98. The van der Waals surface area contributed by atoms with Crippen LogP contribution in [0.15, 0.2) is 23.6 Å². The number of carbonyl (C=O) groups is 1. The van der Waals surface area contributed by atoms with E-state index in [1.807, 2.05) is 30.5 Å². The molecule has 1 aromatic rings. The lowest BCUT2D eigenvalue weighted by atomic mass is 10.1. The molecule has 3 heteroatoms. The Labute approximate surface area is 100 Å². The molecule has 0 saturated carbocycles. The van der Waals surface area contributed by atoms with Crippen molar-refractivity contribution in [2.45, 2.75) is 25.8 Å². The Morgan fingerprint density at radius 2 is 2.56 bits per heavy atom. The van der Waals surface area contributed by atoms with Gasteiger partial charge in [-0.15, -0.1) is 23.7 Å². The second-order valence-corrected chi connectivity index (χ2v) is 4.35. The summed E-state index contributed by atoms with van der Waals surface area (Å²) >= 11 is 1.60. The van der Waals surface area contributed by atoms with Crippen molar-refractivity contribution in [3.63, 3.8) is 0 Å². The summed E-state index contributed by atoms with van der Waals surface area (Å²) in [7, 11) is 0. The average molecular weight is 233 g/mol. The Kier molecular flexibility index (Phi) is 5.38. The maximum Gasteiger partial charge on any atom is 0.244 e. The molecule has 1 aromatic heterocycles. The maximum atomic E-state index is 11.5. The lowest BCUT2D eigenvalue weighted by Gasteiger charge is -2.11. The van der Waals surface area contributed by atoms with E-state index >= 15 is 0 Å². The molecule has 0 bridgehead atoms. The quantitative estimate of drug-likeness (QED) is 0.615. The normalized spacial score (nSPS) is 12.2. The highest BCUT2D eigenvalue weighted by Gasteiger charge is 2.05. The van der Waals surface area contributed by atoms with Gasteiger partial charge < -0.3 is 5.32 Å². The fourth-order valence-electron chi connectivity index (χ4n) is 1.23. The molecule has 0 aliphatic heterocycles. The lowest BCUT2D eigenvalue weighted by molar-refractivity contribution is -0.117. The van der Waals surface area contributed by atoms with E-state index in [0.717, 1.165) is 11.3 Å². The average Bonchev–Trinajstić information content (AvgIpc) is 2.78. The minimum absolute atomic E-state index is 0.0745. The first-order valence-corrected chi connectivity index (χ1v) is 6.09. The van der Waals surface area contributed by atoms with Crippen molar-refractivity contribution in [3.05, 3.63) is 28.5 Å². The molecule has 0 aromatic carbocycles. The summed E-state index contributed by atoms with van der Waals surface area (Å²) in [5.74, 6) is 2.47. The van der Waals surface area contributed by atoms with Crippen LogP contribution in [0.1, 0.15) is 24.6 Å². The molecular weight excluding hydrogens is 218 g/mol. The van der Waals surface area contributed by atoms with Crippen LogP contribution in [-0.2, 0) is 4.79 Å². The van der Waals surface area contributed by atoms with E-state index in [1.54, 1.807) is 17.4 Å². The number of terminal acetylenes is 1. The van der Waals surface area contributed by atoms with Crippen LogP contribution in [0, 0.1) is 12.3 Å². The molecule has 1 amide bonds. The SMILES string of the molecule is C#CCC(CC)NC(=O)/C=C/c1cccs1. The van der Waals surface area contributed by atoms with Crippen molar-refractivity contribution >= 4 is 23.3 Å². The van der Waals surface area contributed by atoms with Gasteiger partial charge in [0, 0.05) is 23.4 Å². The molecule has 1 unspecified atom stereocenters. The molecule has 1 rings (SSSR count). The Morgan fingerprint density at radius 3 is 3.12 bits per heavy atom. The number of nitrogens with one attached hydrogen (secondary N) is 1. The van der Waals surface area contributed by atoms with Crippen LogP contribution in [0.25, 0.3) is 6.08 Å². The second kappa shape index (κ2) is 6.86. The molecule has 0 aliphatic carbocycles. The highest BCUT2D eigenvalue weighted by molar-refractivity contribution is 7.10. The summed E-state index contributed by atoms with van der Waals surface area (Å²) in [6.07, 6.45) is 10.00. The van der Waals surface area contributed by atoms with E-state index in [-0.39, 0.29) is 11.9 Å². The van der Waals surface area contributed by atoms with Gasteiger partial charge in [-0.1, -0.05) is 13.0 Å². The molecule has 16 heavy (non-hydrogen) atoms. The van der Waals surface area contributed by atoms with Gasteiger partial charge in [0.25, 0.3) is 0 Å². The zero-order valence-corrected chi connectivity index (χ0v) is 10.1. The predicted molar refractivity (Wildman–Crippen MR) is 69.0 cm³/mol. The molecular formula is C13H15NOS. The summed E-state index contributed by atoms with van der Waals surface area (Å²) in [6, 6.07) is 3.99. The zero-order valence-electron chi connectivity index (χ0n) is 9.27. The van der Waals surface area contributed by atoms with Gasteiger partial charge in [-0.25, -0.2) is 0 Å². The van der Waals surface area contributed by atoms with Gasteiger partial charge in [-0.05, 0) is 23.9 Å². The Bertz CT molecular complexity index is 387. The summed E-state index contributed by atoms with van der Waals surface area (Å²) in [6.45, 7) is 2.01. The maximum absolute atomic E-state index is 11.5. The number of hydrogen-bond donors (Lipinski definition) is 1. The first kappa shape index (κ1) is 12.5. The van der Waals surface area contributed by atoms with Crippen LogP contribution in [-0.4, -0.2) is 11.9 Å². The van der Waals surface area contributed by atoms with E-state index in [2.05, 4.69) is 11.2 Å². The van der Waals surface area contributed by atoms with Crippen molar-refractivity contribution in [1.82, 2.24) is 5.32 Å². The van der Waals surface area contributed by atoms with Gasteiger partial charge >= 0.3 is 0 Å². The van der Waals surface area contributed by atoms with E-state index < -0.39 is 0 Å². The van der Waals surface area contributed by atoms with Crippen LogP contribution < -0.4 is 5.32 Å². The Morgan fingerprint density at radius 1 is 1.75 bits per heavy atom. The van der Waals surface area contributed by atoms with E-state index in [0.29, 0.717) is 6.42 Å². The fourth-order valence-corrected chi connectivity index (χ4v) is 1.85. The van der Waals surface area contributed by atoms with Crippen LogP contribution in [0.3, 0.4) is 0 Å². The van der Waals surface area contributed by atoms with Crippen LogP contribution in [0.2, 0.25) is 0 Å². The first-order valence-electron chi connectivity index (χ1n) is 5.21. The molecule has 0 saturated heterocycles. The topological polar surface area (TPSA) is 29.1 Å². The Balaban J connectivity index is 2.44. The Hall–Kier alpha value is -1.53. The molecule has 0 fully saturated rings. The van der Waals surface area contributed by atoms with Crippen molar-refractivity contribution in [1.29, 1.82) is 0 Å². The summed E-state index contributed by atoms with van der Waals surface area (Å²) in [5, 5.41) is 4.84. The highest BCUT2D eigenvalue weighted by atomic mass is 32.1.